The summed E-state index contributed by atoms with van der Waals surface area (Å²) < 4.78 is 14.8. The van der Waals surface area contributed by atoms with Gasteiger partial charge in [0.1, 0.15) is 18.0 Å². The van der Waals surface area contributed by atoms with Gasteiger partial charge in [-0.3, -0.25) is 0 Å². The second kappa shape index (κ2) is 6.99. The fourth-order valence-corrected chi connectivity index (χ4v) is 3.02. The van der Waals surface area contributed by atoms with E-state index in [0.29, 0.717) is 28.5 Å². The summed E-state index contributed by atoms with van der Waals surface area (Å²) in [6.07, 6.45) is 5.75. The smallest absolute Gasteiger partial charge is 0.166 e. The van der Waals surface area contributed by atoms with Crippen LogP contribution in [0.5, 0.6) is 0 Å². The van der Waals surface area contributed by atoms with Gasteiger partial charge in [-0.15, -0.1) is 5.10 Å². The summed E-state index contributed by atoms with van der Waals surface area (Å²) in [5, 5.41) is 7.64. The Balaban J connectivity index is 1.68. The predicted molar refractivity (Wildman–Crippen MR) is 101 cm³/mol. The highest BCUT2D eigenvalue weighted by molar-refractivity contribution is 5.84. The maximum atomic E-state index is 13.2. The van der Waals surface area contributed by atoms with Gasteiger partial charge < -0.3 is 11.1 Å². The largest absolute Gasteiger partial charge is 0.382 e. The highest BCUT2D eigenvalue weighted by atomic mass is 19.1. The molecular formula is C19H18FN7. The maximum Gasteiger partial charge on any atom is 0.166 e. The molecular weight excluding hydrogens is 345 g/mol. The summed E-state index contributed by atoms with van der Waals surface area (Å²) in [7, 11) is 0. The monoisotopic (exact) mass is 363 g/mol. The third-order valence-electron chi connectivity index (χ3n) is 4.35. The van der Waals surface area contributed by atoms with E-state index in [2.05, 4.69) is 32.3 Å². The van der Waals surface area contributed by atoms with Gasteiger partial charge in [0.05, 0.1) is 17.3 Å². The molecule has 7 nitrogen and oxygen atoms in total. The molecule has 0 radical (unpaired) electrons. The highest BCUT2D eigenvalue weighted by Gasteiger charge is 2.16. The first-order valence-corrected chi connectivity index (χ1v) is 8.59. The number of hydrogen-bond acceptors (Lipinski definition) is 6. The third-order valence-corrected chi connectivity index (χ3v) is 4.35. The zero-order chi connectivity index (χ0) is 18.8. The number of halogens is 1. The van der Waals surface area contributed by atoms with Crippen LogP contribution < -0.4 is 11.1 Å². The van der Waals surface area contributed by atoms with Crippen molar-refractivity contribution in [1.82, 2.24) is 24.6 Å². The number of aromatic nitrogens is 5. The lowest BCUT2D eigenvalue weighted by Gasteiger charge is -2.18. The normalized spacial score (nSPS) is 12.2. The van der Waals surface area contributed by atoms with Crippen LogP contribution >= 0.6 is 0 Å². The van der Waals surface area contributed by atoms with Crippen LogP contribution in [0.25, 0.3) is 16.9 Å². The molecule has 4 aromatic rings. The van der Waals surface area contributed by atoms with Gasteiger partial charge in [-0.2, -0.15) is 0 Å². The minimum Gasteiger partial charge on any atom is -0.382 e. The van der Waals surface area contributed by atoms with Crippen LogP contribution in [0.15, 0.2) is 55.1 Å². The van der Waals surface area contributed by atoms with Crippen molar-refractivity contribution in [3.8, 4) is 11.3 Å². The molecule has 8 heteroatoms. The molecule has 0 unspecified atom stereocenters. The lowest BCUT2D eigenvalue weighted by molar-refractivity contribution is 0.625. The average Bonchev–Trinajstić information content (AvgIpc) is 3.03. The van der Waals surface area contributed by atoms with Crippen molar-refractivity contribution in [2.45, 2.75) is 19.4 Å². The number of hydrogen-bond donors (Lipinski definition) is 2. The summed E-state index contributed by atoms with van der Waals surface area (Å²) in [5.74, 6) is 0.740. The van der Waals surface area contributed by atoms with E-state index in [1.54, 1.807) is 35.1 Å². The summed E-state index contributed by atoms with van der Waals surface area (Å²) in [5.41, 5.74) is 8.99. The second-order valence-electron chi connectivity index (χ2n) is 6.09. The third kappa shape index (κ3) is 3.29. The summed E-state index contributed by atoms with van der Waals surface area (Å²) in [4.78, 5) is 13.0. The zero-order valence-electron chi connectivity index (χ0n) is 14.7. The van der Waals surface area contributed by atoms with Crippen molar-refractivity contribution in [2.75, 3.05) is 11.1 Å². The number of rotatable bonds is 5. The SMILES string of the molecule is CC[C@H](Nc1cc(-c2c(N)nn3cccnc23)ncn1)c1ccc(F)cc1. The van der Waals surface area contributed by atoms with Gasteiger partial charge in [-0.1, -0.05) is 19.1 Å². The molecule has 0 aliphatic rings. The van der Waals surface area contributed by atoms with E-state index in [-0.39, 0.29) is 11.9 Å². The van der Waals surface area contributed by atoms with Gasteiger partial charge in [0.25, 0.3) is 0 Å². The van der Waals surface area contributed by atoms with Crippen LogP contribution in [0, 0.1) is 5.82 Å². The number of nitrogen functional groups attached to an aromatic ring is 1. The van der Waals surface area contributed by atoms with Crippen LogP contribution in [-0.2, 0) is 0 Å². The molecule has 1 aromatic carbocycles. The van der Waals surface area contributed by atoms with Gasteiger partial charge in [-0.05, 0) is 30.2 Å². The molecule has 27 heavy (non-hydrogen) atoms. The van der Waals surface area contributed by atoms with E-state index in [0.717, 1.165) is 12.0 Å². The molecule has 0 fully saturated rings. The number of nitrogens with two attached hydrogens (primary N) is 1. The first-order valence-electron chi connectivity index (χ1n) is 8.59. The van der Waals surface area contributed by atoms with Crippen molar-refractivity contribution < 1.29 is 4.39 Å². The summed E-state index contributed by atoms with van der Waals surface area (Å²) in [6.45, 7) is 2.05. The number of nitrogens with zero attached hydrogens (tertiary/aromatic N) is 5. The number of nitrogens with one attached hydrogen (secondary N) is 1. The minimum atomic E-state index is -0.256. The number of anilines is 2. The molecule has 3 heterocycles. The van der Waals surface area contributed by atoms with Gasteiger partial charge in [0.2, 0.25) is 0 Å². The standard InChI is InChI=1S/C19H18FN7/c1-2-14(12-4-6-13(20)7-5-12)25-16-10-15(23-11-24-16)17-18(21)26-27-9-3-8-22-19(17)27/h3-11,14H,2H2,1H3,(H2,21,26)(H,23,24,25)/t14-/m0/s1. The Morgan fingerprint density at radius 2 is 2.00 bits per heavy atom. The fourth-order valence-electron chi connectivity index (χ4n) is 3.02. The molecule has 4 rings (SSSR count). The zero-order valence-corrected chi connectivity index (χ0v) is 14.7. The van der Waals surface area contributed by atoms with Crippen LogP contribution in [0.4, 0.5) is 16.0 Å². The predicted octanol–water partition coefficient (Wildman–Crippen LogP) is 3.47. The van der Waals surface area contributed by atoms with Gasteiger partial charge in [-0.25, -0.2) is 23.9 Å². The van der Waals surface area contributed by atoms with Crippen LogP contribution in [-0.4, -0.2) is 24.6 Å². The van der Waals surface area contributed by atoms with Crippen molar-refractivity contribution in [3.05, 3.63) is 66.5 Å². The molecule has 0 saturated heterocycles. The van der Waals surface area contributed by atoms with Crippen LogP contribution in [0.1, 0.15) is 24.9 Å². The minimum absolute atomic E-state index is 0.00673. The molecule has 0 bridgehead atoms. The average molecular weight is 363 g/mol. The summed E-state index contributed by atoms with van der Waals surface area (Å²) >= 11 is 0. The number of benzene rings is 1. The molecule has 3 aromatic heterocycles. The van der Waals surface area contributed by atoms with E-state index in [1.165, 1.54) is 18.5 Å². The van der Waals surface area contributed by atoms with Crippen molar-refractivity contribution in [3.63, 3.8) is 0 Å². The molecule has 0 saturated carbocycles. The van der Waals surface area contributed by atoms with Gasteiger partial charge >= 0.3 is 0 Å². The quantitative estimate of drug-likeness (QED) is 0.564. The Labute approximate surface area is 155 Å². The first-order chi connectivity index (χ1) is 13.2. The Kier molecular flexibility index (Phi) is 4.37. The van der Waals surface area contributed by atoms with Crippen molar-refractivity contribution >= 4 is 17.3 Å². The lowest BCUT2D eigenvalue weighted by atomic mass is 10.0. The lowest BCUT2D eigenvalue weighted by Crippen LogP contribution is -2.11. The van der Waals surface area contributed by atoms with E-state index in [1.807, 2.05) is 6.07 Å². The Hall–Kier alpha value is -3.55. The molecule has 3 N–H and O–H groups in total. The van der Waals surface area contributed by atoms with E-state index < -0.39 is 0 Å². The second-order valence-corrected chi connectivity index (χ2v) is 6.09. The molecule has 136 valence electrons. The van der Waals surface area contributed by atoms with Crippen LogP contribution in [0.3, 0.4) is 0 Å². The van der Waals surface area contributed by atoms with Gasteiger partial charge in [0, 0.05) is 18.5 Å². The van der Waals surface area contributed by atoms with Crippen molar-refractivity contribution in [1.29, 1.82) is 0 Å². The van der Waals surface area contributed by atoms with Crippen molar-refractivity contribution in [2.24, 2.45) is 0 Å². The molecule has 0 aliphatic carbocycles. The first kappa shape index (κ1) is 16.9. The molecule has 0 aliphatic heterocycles. The fraction of sp³-hybridized carbons (Fsp3) is 0.158. The van der Waals surface area contributed by atoms with E-state index >= 15 is 0 Å². The molecule has 0 amide bonds. The maximum absolute atomic E-state index is 13.2. The Bertz CT molecular complexity index is 1080. The Morgan fingerprint density at radius 3 is 2.78 bits per heavy atom. The van der Waals surface area contributed by atoms with E-state index in [9.17, 15) is 4.39 Å². The number of fused-ring (bicyclic) bond motifs is 1. The summed E-state index contributed by atoms with van der Waals surface area (Å²) in [6, 6.07) is 10.0. The van der Waals surface area contributed by atoms with Crippen LogP contribution in [0.2, 0.25) is 0 Å². The highest BCUT2D eigenvalue weighted by Crippen LogP contribution is 2.29. The molecule has 1 atom stereocenters. The van der Waals surface area contributed by atoms with E-state index in [4.69, 9.17) is 5.73 Å². The topological polar surface area (TPSA) is 94.0 Å². The van der Waals surface area contributed by atoms with Gasteiger partial charge in [0.15, 0.2) is 11.5 Å². The Morgan fingerprint density at radius 1 is 1.19 bits per heavy atom. The molecule has 0 spiro atoms.